The number of H-pyrrole nitrogens is 1. The maximum atomic E-state index is 12.9. The summed E-state index contributed by atoms with van der Waals surface area (Å²) in [5, 5.41) is 1.64. The highest BCUT2D eigenvalue weighted by Crippen LogP contribution is 2.28. The number of fused-ring (bicyclic) bond motifs is 3. The molecular formula is C16H12F3NO5S. The summed E-state index contributed by atoms with van der Waals surface area (Å²) in [5.74, 6) is -3.12. The van der Waals surface area contributed by atoms with Gasteiger partial charge in [-0.15, -0.1) is 0 Å². The predicted molar refractivity (Wildman–Crippen MR) is 87.5 cm³/mol. The fraction of sp³-hybridized carbons (Fsp3) is 0.188. The Hall–Kier alpha value is -2.59. The Morgan fingerprint density at radius 3 is 2.42 bits per heavy atom. The molecule has 0 aliphatic carbocycles. The van der Waals surface area contributed by atoms with Crippen molar-refractivity contribution in [2.75, 3.05) is 5.75 Å². The van der Waals surface area contributed by atoms with Gasteiger partial charge in [0.05, 0.1) is 5.56 Å². The Bertz CT molecular complexity index is 1090. The number of hydrogen-bond acceptors (Lipinski definition) is 4. The summed E-state index contributed by atoms with van der Waals surface area (Å²) < 4.78 is 73.0. The number of esters is 1. The van der Waals surface area contributed by atoms with E-state index >= 15 is 0 Å². The van der Waals surface area contributed by atoms with Crippen molar-refractivity contribution >= 4 is 37.9 Å². The molecule has 0 bridgehead atoms. The molecule has 0 aliphatic heterocycles. The highest BCUT2D eigenvalue weighted by Gasteiger charge is 2.45. The van der Waals surface area contributed by atoms with E-state index in [9.17, 15) is 26.4 Å². The molecule has 6 nitrogen and oxygen atoms in total. The molecule has 0 saturated heterocycles. The van der Waals surface area contributed by atoms with E-state index in [2.05, 4.69) is 9.72 Å². The zero-order valence-corrected chi connectivity index (χ0v) is 13.8. The van der Waals surface area contributed by atoms with Gasteiger partial charge in [0.15, 0.2) is 0 Å². The molecule has 1 atom stereocenters. The molecule has 0 saturated carbocycles. The molecule has 10 heteroatoms. The van der Waals surface area contributed by atoms with Crippen LogP contribution in [-0.4, -0.2) is 42.0 Å². The fourth-order valence-corrected chi connectivity index (χ4v) is 3.21. The number of halogens is 3. The van der Waals surface area contributed by atoms with Crippen LogP contribution in [0.1, 0.15) is 10.4 Å². The number of benzene rings is 2. The third-order valence-corrected chi connectivity index (χ3v) is 4.44. The van der Waals surface area contributed by atoms with Gasteiger partial charge in [0.1, 0.15) is 5.75 Å². The summed E-state index contributed by atoms with van der Waals surface area (Å²) in [6.07, 6.45) is -8.11. The second kappa shape index (κ2) is 6.29. The quantitative estimate of drug-likeness (QED) is 0.529. The summed E-state index contributed by atoms with van der Waals surface area (Å²) in [4.78, 5) is 15.1. The molecule has 2 N–H and O–H groups in total. The Balaban J connectivity index is 1.92. The molecule has 3 rings (SSSR count). The highest BCUT2D eigenvalue weighted by atomic mass is 32.2. The van der Waals surface area contributed by atoms with Gasteiger partial charge in [-0.1, -0.05) is 24.3 Å². The van der Waals surface area contributed by atoms with Gasteiger partial charge in [-0.25, -0.2) is 4.79 Å². The van der Waals surface area contributed by atoms with Gasteiger partial charge in [0, 0.05) is 21.8 Å². The monoisotopic (exact) mass is 387 g/mol. The van der Waals surface area contributed by atoms with Crippen LogP contribution < -0.4 is 0 Å². The Kier molecular flexibility index (Phi) is 4.41. The minimum absolute atomic E-state index is 0.186. The summed E-state index contributed by atoms with van der Waals surface area (Å²) in [5.41, 5.74) is 1.11. The molecule has 0 amide bonds. The number of ether oxygens (including phenoxy) is 1. The average molecular weight is 387 g/mol. The molecule has 1 aromatic heterocycles. The SMILES string of the molecule is O=C(OC(CS(=O)(=O)O)C(F)(F)F)c1ccc2c(c1)[nH]c1ccccc12. The van der Waals surface area contributed by atoms with Crippen LogP contribution in [0.4, 0.5) is 13.2 Å². The fourth-order valence-electron chi connectivity index (χ4n) is 2.57. The second-order valence-corrected chi connectivity index (χ2v) is 7.11. The number of para-hydroxylation sites is 1. The lowest BCUT2D eigenvalue weighted by Gasteiger charge is -2.19. The smallest absolute Gasteiger partial charge is 0.426 e. The summed E-state index contributed by atoms with van der Waals surface area (Å²) >= 11 is 0. The lowest BCUT2D eigenvalue weighted by atomic mass is 10.1. The zero-order valence-electron chi connectivity index (χ0n) is 12.9. The van der Waals surface area contributed by atoms with Gasteiger partial charge in [-0.05, 0) is 18.2 Å². The van der Waals surface area contributed by atoms with Crippen molar-refractivity contribution < 1.29 is 35.7 Å². The van der Waals surface area contributed by atoms with Crippen LogP contribution in [0.3, 0.4) is 0 Å². The Labute approximate surface area is 145 Å². The van der Waals surface area contributed by atoms with Gasteiger partial charge in [-0.3, -0.25) is 4.55 Å². The number of rotatable bonds is 4. The van der Waals surface area contributed by atoms with Crippen LogP contribution in [0.25, 0.3) is 21.8 Å². The number of alkyl halides is 3. The molecule has 1 heterocycles. The van der Waals surface area contributed by atoms with Crippen molar-refractivity contribution in [1.29, 1.82) is 0 Å². The molecule has 1 unspecified atom stereocenters. The molecule has 138 valence electrons. The van der Waals surface area contributed by atoms with E-state index in [0.29, 0.717) is 5.52 Å². The maximum absolute atomic E-state index is 12.9. The molecule has 26 heavy (non-hydrogen) atoms. The van der Waals surface area contributed by atoms with Crippen LogP contribution in [0, 0.1) is 0 Å². The van der Waals surface area contributed by atoms with E-state index in [1.54, 1.807) is 18.2 Å². The van der Waals surface area contributed by atoms with Crippen molar-refractivity contribution in [3.05, 3.63) is 48.0 Å². The van der Waals surface area contributed by atoms with Gasteiger partial charge in [0.2, 0.25) is 6.10 Å². The lowest BCUT2D eigenvalue weighted by Crippen LogP contribution is -2.39. The van der Waals surface area contributed by atoms with Gasteiger partial charge in [-0.2, -0.15) is 21.6 Å². The third kappa shape index (κ3) is 3.81. The van der Waals surface area contributed by atoms with Crippen molar-refractivity contribution in [3.63, 3.8) is 0 Å². The van der Waals surface area contributed by atoms with Gasteiger partial charge < -0.3 is 9.72 Å². The van der Waals surface area contributed by atoms with Crippen molar-refractivity contribution in [2.24, 2.45) is 0 Å². The first kappa shape index (κ1) is 18.2. The van der Waals surface area contributed by atoms with E-state index in [1.165, 1.54) is 12.1 Å². The molecular weight excluding hydrogens is 375 g/mol. The van der Waals surface area contributed by atoms with Crippen molar-refractivity contribution in [1.82, 2.24) is 4.98 Å². The van der Waals surface area contributed by atoms with E-state index in [-0.39, 0.29) is 5.56 Å². The normalized spacial score (nSPS) is 13.8. The average Bonchev–Trinajstić information content (AvgIpc) is 2.89. The van der Waals surface area contributed by atoms with E-state index in [0.717, 1.165) is 16.3 Å². The van der Waals surface area contributed by atoms with E-state index in [1.807, 2.05) is 12.1 Å². The third-order valence-electron chi connectivity index (χ3n) is 3.72. The minimum Gasteiger partial charge on any atom is -0.448 e. The number of carbonyl (C=O) groups is 1. The minimum atomic E-state index is -5.14. The number of aromatic amines is 1. The topological polar surface area (TPSA) is 96.5 Å². The van der Waals surface area contributed by atoms with Gasteiger partial charge >= 0.3 is 12.1 Å². The molecule has 2 aromatic carbocycles. The summed E-state index contributed by atoms with van der Waals surface area (Å²) in [6, 6.07) is 11.4. The lowest BCUT2D eigenvalue weighted by molar-refractivity contribution is -0.197. The maximum Gasteiger partial charge on any atom is 0.426 e. The molecule has 0 spiro atoms. The highest BCUT2D eigenvalue weighted by molar-refractivity contribution is 7.85. The number of hydrogen-bond donors (Lipinski definition) is 2. The Morgan fingerprint density at radius 1 is 1.12 bits per heavy atom. The molecule has 0 radical (unpaired) electrons. The standard InChI is InChI=1S/C16H12F3NO5S/c17-16(18,19)14(8-26(22,23)24)25-15(21)9-5-6-11-10-3-1-2-4-12(10)20-13(11)7-9/h1-7,14,20H,8H2,(H,22,23,24). The zero-order chi connectivity index (χ0) is 19.1. The number of aromatic nitrogens is 1. The summed E-state index contributed by atoms with van der Waals surface area (Å²) in [7, 11) is -4.99. The summed E-state index contributed by atoms with van der Waals surface area (Å²) in [6.45, 7) is 0. The first-order valence-electron chi connectivity index (χ1n) is 7.28. The number of carbonyl (C=O) groups excluding carboxylic acids is 1. The van der Waals surface area contributed by atoms with Crippen LogP contribution in [0.5, 0.6) is 0 Å². The Morgan fingerprint density at radius 2 is 1.77 bits per heavy atom. The van der Waals surface area contributed by atoms with E-state index in [4.69, 9.17) is 4.55 Å². The molecule has 0 fully saturated rings. The second-order valence-electron chi connectivity index (χ2n) is 5.62. The van der Waals surface area contributed by atoms with Crippen LogP contribution in [0.2, 0.25) is 0 Å². The van der Waals surface area contributed by atoms with Crippen LogP contribution in [0.15, 0.2) is 42.5 Å². The first-order chi connectivity index (χ1) is 12.0. The molecule has 0 aliphatic rings. The van der Waals surface area contributed by atoms with Crippen molar-refractivity contribution in [3.8, 4) is 0 Å². The number of nitrogens with one attached hydrogen (secondary N) is 1. The van der Waals surface area contributed by atoms with Crippen molar-refractivity contribution in [2.45, 2.75) is 12.3 Å². The largest absolute Gasteiger partial charge is 0.448 e. The van der Waals surface area contributed by atoms with Gasteiger partial charge in [0.25, 0.3) is 10.1 Å². The van der Waals surface area contributed by atoms with E-state index < -0.39 is 34.1 Å². The van der Waals surface area contributed by atoms with Crippen LogP contribution in [-0.2, 0) is 14.9 Å². The predicted octanol–water partition coefficient (Wildman–Crippen LogP) is 3.30. The molecule has 3 aromatic rings. The van der Waals surface area contributed by atoms with Crippen LogP contribution >= 0.6 is 0 Å². The first-order valence-corrected chi connectivity index (χ1v) is 8.89.